The minimum atomic E-state index is -0.919. The van der Waals surface area contributed by atoms with Gasteiger partial charge in [0.25, 0.3) is 5.91 Å². The second kappa shape index (κ2) is 10.5. The fourth-order valence-electron chi connectivity index (χ4n) is 6.36. The number of esters is 1. The van der Waals surface area contributed by atoms with Crippen LogP contribution in [0.2, 0.25) is 0 Å². The van der Waals surface area contributed by atoms with Gasteiger partial charge >= 0.3 is 5.97 Å². The summed E-state index contributed by atoms with van der Waals surface area (Å²) in [6, 6.07) is 21.4. The minimum Gasteiger partial charge on any atom is -0.462 e. The Bertz CT molecular complexity index is 1450. The summed E-state index contributed by atoms with van der Waals surface area (Å²) in [6.07, 6.45) is 6.30. The average Bonchev–Trinajstić information content (AvgIpc) is 3.43. The molecule has 38 heavy (non-hydrogen) atoms. The zero-order chi connectivity index (χ0) is 26.2. The van der Waals surface area contributed by atoms with Gasteiger partial charge in [-0.2, -0.15) is 0 Å². The van der Waals surface area contributed by atoms with Crippen molar-refractivity contribution in [3.63, 3.8) is 0 Å². The summed E-state index contributed by atoms with van der Waals surface area (Å²) in [5.41, 5.74) is 4.90. The van der Waals surface area contributed by atoms with Crippen molar-refractivity contribution in [2.45, 2.75) is 37.8 Å². The fourth-order valence-corrected chi connectivity index (χ4v) is 6.88. The molecule has 1 saturated heterocycles. The van der Waals surface area contributed by atoms with Gasteiger partial charge in [0.05, 0.1) is 17.9 Å². The van der Waals surface area contributed by atoms with Crippen LogP contribution in [0.5, 0.6) is 0 Å². The van der Waals surface area contributed by atoms with E-state index < -0.39 is 16.8 Å². The Balaban J connectivity index is 1.15. The van der Waals surface area contributed by atoms with E-state index in [4.69, 9.17) is 4.74 Å². The molecule has 0 N–H and O–H groups in total. The zero-order valence-corrected chi connectivity index (χ0v) is 22.4. The Labute approximate surface area is 225 Å². The molecule has 0 saturated carbocycles. The summed E-state index contributed by atoms with van der Waals surface area (Å²) in [6.45, 7) is 2.04. The molecule has 2 heterocycles. The van der Waals surface area contributed by atoms with Crippen molar-refractivity contribution in [1.29, 1.82) is 0 Å². The molecule has 0 radical (unpaired) electrons. The number of piperidine rings is 1. The van der Waals surface area contributed by atoms with Crippen LogP contribution in [0.4, 0.5) is 5.69 Å². The monoisotopic (exact) mass is 528 g/mol. The van der Waals surface area contributed by atoms with E-state index >= 15 is 0 Å². The van der Waals surface area contributed by atoms with Gasteiger partial charge in [-0.25, -0.2) is 4.79 Å². The Morgan fingerprint density at radius 1 is 1.05 bits per heavy atom. The lowest BCUT2D eigenvalue weighted by Crippen LogP contribution is -2.47. The number of rotatable bonds is 7. The van der Waals surface area contributed by atoms with Gasteiger partial charge < -0.3 is 9.64 Å². The summed E-state index contributed by atoms with van der Waals surface area (Å²) in [7, 11) is -0.919. The minimum absolute atomic E-state index is 0.0842. The van der Waals surface area contributed by atoms with Crippen molar-refractivity contribution in [3.8, 4) is 0 Å². The van der Waals surface area contributed by atoms with Crippen LogP contribution in [-0.4, -0.2) is 58.7 Å². The summed E-state index contributed by atoms with van der Waals surface area (Å²) >= 11 is 0. The van der Waals surface area contributed by atoms with Crippen LogP contribution >= 0.6 is 0 Å². The Morgan fingerprint density at radius 2 is 1.82 bits per heavy atom. The maximum atomic E-state index is 13.6. The second-order valence-corrected chi connectivity index (χ2v) is 12.0. The van der Waals surface area contributed by atoms with Crippen molar-refractivity contribution < 1.29 is 18.5 Å². The molecular formula is C31H32N2O4S. The van der Waals surface area contributed by atoms with E-state index in [1.807, 2.05) is 29.2 Å². The maximum Gasteiger partial charge on any atom is 0.331 e. The number of benzene rings is 3. The summed E-state index contributed by atoms with van der Waals surface area (Å²) < 4.78 is 16.5. The third-order valence-electron chi connectivity index (χ3n) is 8.09. The van der Waals surface area contributed by atoms with Crippen LogP contribution in [0, 0.1) is 0 Å². The van der Waals surface area contributed by atoms with Gasteiger partial charge in [0.15, 0.2) is 0 Å². The molecule has 0 bridgehead atoms. The normalized spacial score (nSPS) is 21.3. The molecule has 6 nitrogen and oxygen atoms in total. The highest BCUT2D eigenvalue weighted by Crippen LogP contribution is 2.43. The maximum absolute atomic E-state index is 13.6. The third-order valence-corrected chi connectivity index (χ3v) is 8.95. The van der Waals surface area contributed by atoms with Crippen LogP contribution in [0.3, 0.4) is 0 Å². The molecule has 1 fully saturated rings. The molecule has 3 aromatic rings. The first-order chi connectivity index (χ1) is 18.5. The van der Waals surface area contributed by atoms with Crippen molar-refractivity contribution in [2.24, 2.45) is 0 Å². The molecule has 196 valence electrons. The summed E-state index contributed by atoms with van der Waals surface area (Å²) in [5, 5.41) is 2.73. The van der Waals surface area contributed by atoms with Gasteiger partial charge in [-0.15, -0.1) is 0 Å². The molecule has 1 amide bonds. The smallest absolute Gasteiger partial charge is 0.331 e. The Morgan fingerprint density at radius 3 is 2.61 bits per heavy atom. The molecule has 2 unspecified atom stereocenters. The first-order valence-corrected chi connectivity index (χ1v) is 15.1. The largest absolute Gasteiger partial charge is 0.462 e. The molecular weight excluding hydrogens is 496 g/mol. The van der Waals surface area contributed by atoms with E-state index in [9.17, 15) is 13.8 Å². The van der Waals surface area contributed by atoms with Gasteiger partial charge in [-0.05, 0) is 53.6 Å². The lowest BCUT2D eigenvalue weighted by molar-refractivity contribution is -0.137. The highest BCUT2D eigenvalue weighted by molar-refractivity contribution is 7.84. The van der Waals surface area contributed by atoms with Crippen molar-refractivity contribution in [2.75, 3.05) is 36.6 Å². The average molecular weight is 529 g/mol. The molecule has 7 heteroatoms. The molecule has 2 aliphatic heterocycles. The van der Waals surface area contributed by atoms with Crippen molar-refractivity contribution in [1.82, 2.24) is 4.90 Å². The van der Waals surface area contributed by atoms with Gasteiger partial charge in [0.2, 0.25) is 0 Å². The predicted octanol–water partition coefficient (Wildman–Crippen LogP) is 4.64. The fraction of sp³-hybridized carbons (Fsp3) is 0.355. The van der Waals surface area contributed by atoms with E-state index in [0.29, 0.717) is 23.8 Å². The highest BCUT2D eigenvalue weighted by atomic mass is 32.2. The number of carbonyl (C=O) groups excluding carboxylic acids is 2. The van der Waals surface area contributed by atoms with Gasteiger partial charge in [-0.3, -0.25) is 13.9 Å². The number of nitrogens with zero attached hydrogens (tertiary/aromatic N) is 2. The highest BCUT2D eigenvalue weighted by Gasteiger charge is 2.40. The number of fused-ring (bicyclic) bond motifs is 1. The molecule has 0 aromatic heterocycles. The standard InChI is InChI=1S/C31H32N2O4S/c1-38(36)18-6-17-37-29(34)20-26-24-10-2-3-12-27(24)33(31(26)35)23-13-15-32(16-14-23)28-19-22-9-4-7-21-8-5-11-25(28)30(21)22/h2-5,7-12,20,23,28H,6,13-19H2,1H3/b26-20+. The number of ether oxygens (including phenoxy) is 1. The number of amides is 1. The number of carbonyl (C=O) groups is 2. The lowest BCUT2D eigenvalue weighted by atomic mass is 9.98. The van der Waals surface area contributed by atoms with Gasteiger partial charge in [-0.1, -0.05) is 54.6 Å². The first kappa shape index (κ1) is 25.0. The predicted molar refractivity (Wildman–Crippen MR) is 151 cm³/mol. The number of likely N-dealkylation sites (tertiary alicyclic amines) is 1. The number of hydrogen-bond acceptors (Lipinski definition) is 5. The molecule has 3 aromatic carbocycles. The van der Waals surface area contributed by atoms with Crippen LogP contribution in [-0.2, 0) is 31.5 Å². The first-order valence-electron chi connectivity index (χ1n) is 13.4. The third kappa shape index (κ3) is 4.58. The van der Waals surface area contributed by atoms with Crippen LogP contribution in [0.15, 0.2) is 66.7 Å². The zero-order valence-electron chi connectivity index (χ0n) is 21.6. The molecule has 1 aliphatic carbocycles. The second-order valence-electron chi connectivity index (χ2n) is 10.4. The summed E-state index contributed by atoms with van der Waals surface area (Å²) in [4.78, 5) is 30.6. The van der Waals surface area contributed by atoms with E-state index in [2.05, 4.69) is 41.3 Å². The number of hydrogen-bond donors (Lipinski definition) is 0. The van der Waals surface area contributed by atoms with Crippen molar-refractivity contribution >= 4 is 44.7 Å². The van der Waals surface area contributed by atoms with Gasteiger partial charge in [0.1, 0.15) is 0 Å². The van der Waals surface area contributed by atoms with Crippen LogP contribution < -0.4 is 4.90 Å². The molecule has 6 rings (SSSR count). The quantitative estimate of drug-likeness (QED) is 0.254. The van der Waals surface area contributed by atoms with Gasteiger partial charge in [0, 0.05) is 59.6 Å². The molecule has 2 atom stereocenters. The molecule has 0 spiro atoms. The summed E-state index contributed by atoms with van der Waals surface area (Å²) in [5.74, 6) is -0.175. The Kier molecular flexibility index (Phi) is 6.89. The Hall–Kier alpha value is -3.29. The van der Waals surface area contributed by atoms with E-state index in [-0.39, 0.29) is 18.6 Å². The van der Waals surface area contributed by atoms with E-state index in [1.54, 1.807) is 6.26 Å². The number of para-hydroxylation sites is 1. The lowest BCUT2D eigenvalue weighted by Gasteiger charge is -2.39. The molecule has 3 aliphatic rings. The van der Waals surface area contributed by atoms with E-state index in [0.717, 1.165) is 43.6 Å². The van der Waals surface area contributed by atoms with E-state index in [1.165, 1.54) is 28.0 Å². The topological polar surface area (TPSA) is 66.9 Å². The number of anilines is 1. The SMILES string of the molecule is CS(=O)CCCOC(=O)/C=C1/C(=O)N(C2CCN(C3Cc4cccc5cccc3c45)CC2)c2ccccc21. The van der Waals surface area contributed by atoms with Crippen LogP contribution in [0.1, 0.15) is 42.0 Å². The van der Waals surface area contributed by atoms with Crippen molar-refractivity contribution in [3.05, 3.63) is 83.4 Å². The van der Waals surface area contributed by atoms with Crippen LogP contribution in [0.25, 0.3) is 16.3 Å².